The van der Waals surface area contributed by atoms with Gasteiger partial charge in [-0.15, -0.1) is 11.8 Å². The van der Waals surface area contributed by atoms with E-state index in [-0.39, 0.29) is 0 Å². The van der Waals surface area contributed by atoms with Crippen LogP contribution in [0.1, 0.15) is 52.9 Å². The summed E-state index contributed by atoms with van der Waals surface area (Å²) >= 11 is 0. The molecule has 0 heteroatoms. The maximum absolute atomic E-state index is 3.20. The molecule has 1 aliphatic carbocycles. The van der Waals surface area contributed by atoms with Gasteiger partial charge in [-0.1, -0.05) is 27.2 Å². The molecule has 0 saturated heterocycles. The van der Waals surface area contributed by atoms with E-state index >= 15 is 0 Å². The van der Waals surface area contributed by atoms with Gasteiger partial charge in [0.25, 0.3) is 0 Å². The molecule has 0 nitrogen and oxygen atoms in total. The van der Waals surface area contributed by atoms with Crippen molar-refractivity contribution in [3.8, 4) is 11.8 Å². The number of hydrogen-bond acceptors (Lipinski definition) is 0. The van der Waals surface area contributed by atoms with Crippen molar-refractivity contribution in [2.24, 2.45) is 5.92 Å². The molecule has 0 aliphatic heterocycles. The van der Waals surface area contributed by atoms with E-state index in [1.54, 1.807) is 0 Å². The predicted octanol–water partition coefficient (Wildman–Crippen LogP) is 3.62. The van der Waals surface area contributed by atoms with Crippen LogP contribution in [0.3, 0.4) is 0 Å². The lowest BCUT2D eigenvalue weighted by Crippen LogP contribution is -1.94. The average molecular weight is 152 g/mol. The van der Waals surface area contributed by atoms with Crippen LogP contribution in [0.2, 0.25) is 0 Å². The van der Waals surface area contributed by atoms with Gasteiger partial charge in [-0.2, -0.15) is 0 Å². The fraction of sp³-hybridized carbons (Fsp3) is 0.818. The van der Waals surface area contributed by atoms with E-state index in [4.69, 9.17) is 0 Å². The first-order chi connectivity index (χ1) is 5.43. The zero-order valence-electron chi connectivity index (χ0n) is 8.11. The molecular weight excluding hydrogens is 132 g/mol. The molecule has 0 saturated carbocycles. The van der Waals surface area contributed by atoms with Gasteiger partial charge in [0, 0.05) is 12.8 Å². The molecule has 0 spiro atoms. The maximum atomic E-state index is 3.20. The Morgan fingerprint density at radius 3 is 2.64 bits per heavy atom. The van der Waals surface area contributed by atoms with E-state index in [0.717, 1.165) is 18.8 Å². The summed E-state index contributed by atoms with van der Waals surface area (Å²) in [6, 6.07) is 0. The van der Waals surface area contributed by atoms with Crippen molar-refractivity contribution in [1.29, 1.82) is 0 Å². The van der Waals surface area contributed by atoms with Crippen molar-refractivity contribution in [2.45, 2.75) is 52.9 Å². The van der Waals surface area contributed by atoms with Gasteiger partial charge in [0.2, 0.25) is 0 Å². The lowest BCUT2D eigenvalue weighted by Gasteiger charge is -2.06. The molecule has 0 aromatic rings. The summed E-state index contributed by atoms with van der Waals surface area (Å²) in [6.07, 6.45) is 6.31. The van der Waals surface area contributed by atoms with Crippen LogP contribution in [0.4, 0.5) is 0 Å². The minimum atomic E-state index is 0.903. The second kappa shape index (κ2) is 7.66. The second-order valence-corrected chi connectivity index (χ2v) is 2.72. The van der Waals surface area contributed by atoms with E-state index in [2.05, 4.69) is 18.8 Å². The SMILES string of the molecule is CC.CCC1CC#CCCC1. The van der Waals surface area contributed by atoms with Crippen molar-refractivity contribution in [3.05, 3.63) is 0 Å². The Hall–Kier alpha value is -0.440. The molecular formula is C11H20. The van der Waals surface area contributed by atoms with Gasteiger partial charge in [-0.25, -0.2) is 0 Å². The molecule has 1 unspecified atom stereocenters. The normalized spacial score (nSPS) is 21.9. The second-order valence-electron chi connectivity index (χ2n) is 2.72. The van der Waals surface area contributed by atoms with Gasteiger partial charge < -0.3 is 0 Å². The standard InChI is InChI=1S/C9H14.C2H6/c1-2-9-7-5-3-4-6-8-9;1-2/h9H,2-3,5,7-8H2,1H3;1-2H3. The highest BCUT2D eigenvalue weighted by molar-refractivity contribution is 5.01. The summed E-state index contributed by atoms with van der Waals surface area (Å²) < 4.78 is 0. The Kier molecular flexibility index (Phi) is 7.36. The zero-order valence-corrected chi connectivity index (χ0v) is 8.11. The van der Waals surface area contributed by atoms with Crippen LogP contribution in [0, 0.1) is 17.8 Å². The van der Waals surface area contributed by atoms with Crippen LogP contribution in [-0.4, -0.2) is 0 Å². The molecule has 0 heterocycles. The number of rotatable bonds is 1. The molecule has 1 rings (SSSR count). The summed E-state index contributed by atoms with van der Waals surface area (Å²) in [6.45, 7) is 6.26. The first kappa shape index (κ1) is 10.6. The number of hydrogen-bond donors (Lipinski definition) is 0. The molecule has 64 valence electrons. The molecule has 0 amide bonds. The average Bonchev–Trinajstić information content (AvgIpc) is 2.35. The summed E-state index contributed by atoms with van der Waals surface area (Å²) in [5.41, 5.74) is 0. The fourth-order valence-electron chi connectivity index (χ4n) is 1.23. The van der Waals surface area contributed by atoms with Crippen LogP contribution < -0.4 is 0 Å². The summed E-state index contributed by atoms with van der Waals surface area (Å²) in [4.78, 5) is 0. The topological polar surface area (TPSA) is 0 Å². The van der Waals surface area contributed by atoms with Crippen LogP contribution in [-0.2, 0) is 0 Å². The maximum Gasteiger partial charge on any atom is 0.0117 e. The highest BCUT2D eigenvalue weighted by Gasteiger charge is 2.04. The van der Waals surface area contributed by atoms with Crippen LogP contribution in [0.25, 0.3) is 0 Å². The summed E-state index contributed by atoms with van der Waals surface area (Å²) in [5, 5.41) is 0. The smallest absolute Gasteiger partial charge is 0.0117 e. The Morgan fingerprint density at radius 1 is 1.27 bits per heavy atom. The van der Waals surface area contributed by atoms with Gasteiger partial charge in [0.15, 0.2) is 0 Å². The molecule has 0 aromatic carbocycles. The van der Waals surface area contributed by atoms with Gasteiger partial charge in [-0.05, 0) is 18.8 Å². The molecule has 1 aliphatic rings. The quantitative estimate of drug-likeness (QED) is 0.503. The van der Waals surface area contributed by atoms with E-state index in [1.165, 1.54) is 19.3 Å². The van der Waals surface area contributed by atoms with Crippen molar-refractivity contribution in [1.82, 2.24) is 0 Å². The van der Waals surface area contributed by atoms with Gasteiger partial charge in [0.1, 0.15) is 0 Å². The Morgan fingerprint density at radius 2 is 2.00 bits per heavy atom. The first-order valence-corrected chi connectivity index (χ1v) is 4.89. The van der Waals surface area contributed by atoms with Crippen LogP contribution in [0.15, 0.2) is 0 Å². The third-order valence-electron chi connectivity index (χ3n) is 2.01. The van der Waals surface area contributed by atoms with Gasteiger partial charge in [-0.3, -0.25) is 0 Å². The molecule has 0 bridgehead atoms. The summed E-state index contributed by atoms with van der Waals surface area (Å²) in [7, 11) is 0. The van der Waals surface area contributed by atoms with E-state index in [9.17, 15) is 0 Å². The Bertz CT molecular complexity index is 125. The lowest BCUT2D eigenvalue weighted by molar-refractivity contribution is 0.475. The van der Waals surface area contributed by atoms with E-state index in [1.807, 2.05) is 13.8 Å². The van der Waals surface area contributed by atoms with Crippen LogP contribution in [0.5, 0.6) is 0 Å². The molecule has 11 heavy (non-hydrogen) atoms. The van der Waals surface area contributed by atoms with E-state index < -0.39 is 0 Å². The largest absolute Gasteiger partial charge is 0.103 e. The van der Waals surface area contributed by atoms with E-state index in [0.29, 0.717) is 0 Å². The fourth-order valence-corrected chi connectivity index (χ4v) is 1.23. The van der Waals surface area contributed by atoms with Gasteiger partial charge >= 0.3 is 0 Å². The van der Waals surface area contributed by atoms with Crippen molar-refractivity contribution < 1.29 is 0 Å². The highest BCUT2D eigenvalue weighted by atomic mass is 14.1. The Balaban J connectivity index is 0.000000461. The molecule has 0 N–H and O–H groups in total. The van der Waals surface area contributed by atoms with Crippen molar-refractivity contribution in [3.63, 3.8) is 0 Å². The highest BCUT2D eigenvalue weighted by Crippen LogP contribution is 2.17. The zero-order chi connectivity index (χ0) is 8.53. The minimum absolute atomic E-state index is 0.903. The first-order valence-electron chi connectivity index (χ1n) is 4.89. The van der Waals surface area contributed by atoms with Crippen molar-refractivity contribution >= 4 is 0 Å². The van der Waals surface area contributed by atoms with Gasteiger partial charge in [0.05, 0.1) is 0 Å². The molecule has 1 atom stereocenters. The third kappa shape index (κ3) is 4.90. The predicted molar refractivity (Wildman–Crippen MR) is 51.4 cm³/mol. The Labute approximate surface area is 71.4 Å². The lowest BCUT2D eigenvalue weighted by atomic mass is 9.98. The monoisotopic (exact) mass is 152 g/mol. The van der Waals surface area contributed by atoms with Crippen molar-refractivity contribution in [2.75, 3.05) is 0 Å². The van der Waals surface area contributed by atoms with Crippen LogP contribution >= 0.6 is 0 Å². The third-order valence-corrected chi connectivity index (χ3v) is 2.01. The molecule has 0 aromatic heterocycles. The minimum Gasteiger partial charge on any atom is -0.103 e. The molecule has 0 fully saturated rings. The summed E-state index contributed by atoms with van der Waals surface area (Å²) in [5.74, 6) is 7.26. The molecule has 0 radical (unpaired) electrons.